The Morgan fingerprint density at radius 1 is 1.28 bits per heavy atom. The molecule has 0 fully saturated rings. The van der Waals surface area contributed by atoms with Crippen molar-refractivity contribution in [1.29, 1.82) is 0 Å². The zero-order chi connectivity index (χ0) is 12.7. The molecule has 0 spiro atoms. The first kappa shape index (κ1) is 10.6. The number of phenolic OH excluding ortho intramolecular Hbond substituents is 1. The average Bonchev–Trinajstić information content (AvgIpc) is 2.88. The van der Waals surface area contributed by atoms with Crippen molar-refractivity contribution >= 4 is 11.0 Å². The summed E-state index contributed by atoms with van der Waals surface area (Å²) in [6, 6.07) is 7.69. The Labute approximate surface area is 100 Å². The third-order valence-electron chi connectivity index (χ3n) is 2.71. The van der Waals surface area contributed by atoms with Gasteiger partial charge in [0.2, 0.25) is 5.82 Å². The SMILES string of the molecule is O=c1oc2c(F)c(O)ccc2cc1-c1ccc[nH]1. The minimum absolute atomic E-state index is 0.240. The minimum atomic E-state index is -0.928. The second-order valence-corrected chi connectivity index (χ2v) is 3.85. The van der Waals surface area contributed by atoms with Crippen LogP contribution in [-0.2, 0) is 0 Å². The summed E-state index contributed by atoms with van der Waals surface area (Å²) < 4.78 is 18.5. The molecule has 2 aromatic heterocycles. The molecule has 0 bridgehead atoms. The third-order valence-corrected chi connectivity index (χ3v) is 2.71. The number of hydrogen-bond acceptors (Lipinski definition) is 3. The van der Waals surface area contributed by atoms with Crippen LogP contribution in [0.15, 0.2) is 45.7 Å². The lowest BCUT2D eigenvalue weighted by Gasteiger charge is -2.02. The molecule has 0 saturated carbocycles. The molecular weight excluding hydrogens is 237 g/mol. The summed E-state index contributed by atoms with van der Waals surface area (Å²) in [5.41, 5.74) is 0.0153. The molecule has 4 nitrogen and oxygen atoms in total. The maximum Gasteiger partial charge on any atom is 0.345 e. The van der Waals surface area contributed by atoms with E-state index < -0.39 is 17.2 Å². The van der Waals surface area contributed by atoms with E-state index in [9.17, 15) is 14.3 Å². The van der Waals surface area contributed by atoms with Gasteiger partial charge in [-0.2, -0.15) is 4.39 Å². The molecule has 2 heterocycles. The van der Waals surface area contributed by atoms with Gasteiger partial charge < -0.3 is 14.5 Å². The zero-order valence-electron chi connectivity index (χ0n) is 9.11. The standard InChI is InChI=1S/C13H8FNO3/c14-11-10(16)4-3-7-6-8(9-2-1-5-15-9)13(17)18-12(7)11/h1-6,15-16H. The number of halogens is 1. The van der Waals surface area contributed by atoms with Crippen molar-refractivity contribution in [2.24, 2.45) is 0 Å². The Balaban J connectivity index is 2.36. The van der Waals surface area contributed by atoms with Gasteiger partial charge in [-0.1, -0.05) is 0 Å². The summed E-state index contributed by atoms with van der Waals surface area (Å²) in [7, 11) is 0. The Hall–Kier alpha value is -2.56. The summed E-state index contributed by atoms with van der Waals surface area (Å²) in [4.78, 5) is 14.6. The Morgan fingerprint density at radius 3 is 2.83 bits per heavy atom. The Bertz CT molecular complexity index is 775. The highest BCUT2D eigenvalue weighted by Gasteiger charge is 2.13. The molecule has 0 aliphatic carbocycles. The van der Waals surface area contributed by atoms with Crippen LogP contribution in [0.2, 0.25) is 0 Å². The van der Waals surface area contributed by atoms with Crippen LogP contribution in [0.3, 0.4) is 0 Å². The molecule has 18 heavy (non-hydrogen) atoms. The Morgan fingerprint density at radius 2 is 2.11 bits per heavy atom. The fourth-order valence-electron chi connectivity index (χ4n) is 1.83. The van der Waals surface area contributed by atoms with Crippen molar-refractivity contribution in [3.63, 3.8) is 0 Å². The van der Waals surface area contributed by atoms with E-state index in [1.54, 1.807) is 18.3 Å². The van der Waals surface area contributed by atoms with Gasteiger partial charge in [0.1, 0.15) is 0 Å². The molecule has 2 N–H and O–H groups in total. The minimum Gasteiger partial charge on any atom is -0.505 e. The normalized spacial score (nSPS) is 10.9. The molecule has 5 heteroatoms. The van der Waals surface area contributed by atoms with Crippen LogP contribution in [-0.4, -0.2) is 10.1 Å². The predicted octanol–water partition coefficient (Wildman–Crippen LogP) is 2.63. The fourth-order valence-corrected chi connectivity index (χ4v) is 1.83. The molecular formula is C13H8FNO3. The molecule has 0 aliphatic heterocycles. The van der Waals surface area contributed by atoms with E-state index in [4.69, 9.17) is 4.42 Å². The van der Waals surface area contributed by atoms with Gasteiger partial charge in [-0.15, -0.1) is 0 Å². The quantitative estimate of drug-likeness (QED) is 0.647. The van der Waals surface area contributed by atoms with Crippen molar-refractivity contribution in [1.82, 2.24) is 4.98 Å². The second kappa shape index (κ2) is 3.73. The number of aromatic nitrogens is 1. The number of hydrogen-bond donors (Lipinski definition) is 2. The van der Waals surface area contributed by atoms with Gasteiger partial charge in [-0.3, -0.25) is 0 Å². The molecule has 90 valence electrons. The van der Waals surface area contributed by atoms with Crippen LogP contribution in [0.1, 0.15) is 0 Å². The first-order chi connectivity index (χ1) is 8.66. The van der Waals surface area contributed by atoms with Gasteiger partial charge in [0, 0.05) is 11.6 Å². The van der Waals surface area contributed by atoms with Crippen LogP contribution >= 0.6 is 0 Å². The number of aromatic amines is 1. The molecule has 0 amide bonds. The van der Waals surface area contributed by atoms with E-state index >= 15 is 0 Å². The molecule has 3 rings (SSSR count). The largest absolute Gasteiger partial charge is 0.505 e. The predicted molar refractivity (Wildman–Crippen MR) is 63.9 cm³/mol. The maximum atomic E-state index is 13.6. The van der Waals surface area contributed by atoms with Crippen molar-refractivity contribution in [2.45, 2.75) is 0 Å². The van der Waals surface area contributed by atoms with Crippen molar-refractivity contribution in [3.05, 3.63) is 52.8 Å². The number of rotatable bonds is 1. The van der Waals surface area contributed by atoms with E-state index in [1.807, 2.05) is 0 Å². The van der Waals surface area contributed by atoms with Gasteiger partial charge in [0.15, 0.2) is 11.3 Å². The monoisotopic (exact) mass is 245 g/mol. The van der Waals surface area contributed by atoms with Crippen LogP contribution < -0.4 is 5.63 Å². The van der Waals surface area contributed by atoms with Crippen molar-refractivity contribution in [3.8, 4) is 17.0 Å². The summed E-state index contributed by atoms with van der Waals surface area (Å²) in [6.07, 6.45) is 1.68. The number of aromatic hydroxyl groups is 1. The highest BCUT2D eigenvalue weighted by atomic mass is 19.1. The second-order valence-electron chi connectivity index (χ2n) is 3.85. The molecule has 0 saturated heterocycles. The van der Waals surface area contributed by atoms with Gasteiger partial charge in [-0.05, 0) is 30.3 Å². The summed E-state index contributed by atoms with van der Waals surface area (Å²) in [6.45, 7) is 0. The molecule has 0 atom stereocenters. The number of nitrogens with one attached hydrogen (secondary N) is 1. The molecule has 3 aromatic rings. The lowest BCUT2D eigenvalue weighted by atomic mass is 10.1. The highest BCUT2D eigenvalue weighted by Crippen LogP contribution is 2.26. The highest BCUT2D eigenvalue weighted by molar-refractivity contribution is 5.82. The van der Waals surface area contributed by atoms with Crippen LogP contribution in [0.5, 0.6) is 5.75 Å². The summed E-state index contributed by atoms with van der Waals surface area (Å²) >= 11 is 0. The maximum absolute atomic E-state index is 13.6. The fraction of sp³-hybridized carbons (Fsp3) is 0. The first-order valence-corrected chi connectivity index (χ1v) is 5.26. The van der Waals surface area contributed by atoms with Crippen LogP contribution in [0.25, 0.3) is 22.2 Å². The lowest BCUT2D eigenvalue weighted by molar-refractivity contribution is 0.425. The lowest BCUT2D eigenvalue weighted by Crippen LogP contribution is -2.03. The van der Waals surface area contributed by atoms with Gasteiger partial charge >= 0.3 is 5.63 Å². The van der Waals surface area contributed by atoms with Crippen molar-refractivity contribution in [2.75, 3.05) is 0 Å². The van der Waals surface area contributed by atoms with Gasteiger partial charge in [0.25, 0.3) is 0 Å². The first-order valence-electron chi connectivity index (χ1n) is 5.26. The topological polar surface area (TPSA) is 66.2 Å². The third kappa shape index (κ3) is 1.48. The van der Waals surface area contributed by atoms with E-state index in [1.165, 1.54) is 18.2 Å². The summed E-state index contributed by atoms with van der Waals surface area (Å²) in [5.74, 6) is -1.47. The average molecular weight is 245 g/mol. The number of phenols is 1. The number of fused-ring (bicyclic) bond motifs is 1. The van der Waals surface area contributed by atoms with E-state index in [2.05, 4.69) is 4.98 Å². The van der Waals surface area contributed by atoms with E-state index in [0.29, 0.717) is 16.6 Å². The van der Waals surface area contributed by atoms with Gasteiger partial charge in [0.05, 0.1) is 11.3 Å². The smallest absolute Gasteiger partial charge is 0.345 e. The number of benzene rings is 1. The van der Waals surface area contributed by atoms with Crippen LogP contribution in [0, 0.1) is 5.82 Å². The molecule has 0 unspecified atom stereocenters. The van der Waals surface area contributed by atoms with Gasteiger partial charge in [-0.25, -0.2) is 4.79 Å². The summed E-state index contributed by atoms with van der Waals surface area (Å²) in [5, 5.41) is 9.63. The Kier molecular flexibility index (Phi) is 2.19. The molecule has 1 aromatic carbocycles. The number of H-pyrrole nitrogens is 1. The molecule has 0 radical (unpaired) electrons. The zero-order valence-corrected chi connectivity index (χ0v) is 9.11. The molecule has 0 aliphatic rings. The van der Waals surface area contributed by atoms with E-state index in [0.717, 1.165) is 0 Å². The van der Waals surface area contributed by atoms with E-state index in [-0.39, 0.29) is 5.58 Å². The van der Waals surface area contributed by atoms with Crippen molar-refractivity contribution < 1.29 is 13.9 Å². The van der Waals surface area contributed by atoms with Crippen LogP contribution in [0.4, 0.5) is 4.39 Å².